The van der Waals surface area contributed by atoms with Gasteiger partial charge >= 0.3 is 0 Å². The van der Waals surface area contributed by atoms with Gasteiger partial charge in [-0.3, -0.25) is 5.10 Å². The fraction of sp³-hybridized carbons (Fsp3) is 0.400. The molecule has 1 heterocycles. The second kappa shape index (κ2) is 6.35. The van der Waals surface area contributed by atoms with Gasteiger partial charge in [0.25, 0.3) is 0 Å². The number of aryl methyl sites for hydroxylation is 2. The molecule has 0 aliphatic carbocycles. The third-order valence-corrected chi connectivity index (χ3v) is 4.02. The van der Waals surface area contributed by atoms with Crippen LogP contribution in [0.4, 0.5) is 0 Å². The Labute approximate surface area is 122 Å². The van der Waals surface area contributed by atoms with E-state index in [1.165, 1.54) is 11.1 Å². The van der Waals surface area contributed by atoms with Crippen LogP contribution in [0.2, 0.25) is 0 Å². The lowest BCUT2D eigenvalue weighted by molar-refractivity contribution is 0.517. The Morgan fingerprint density at radius 3 is 2.47 bits per heavy atom. The van der Waals surface area contributed by atoms with Crippen LogP contribution >= 0.6 is 15.9 Å². The van der Waals surface area contributed by atoms with Crippen LogP contribution in [0.3, 0.4) is 0 Å². The topological polar surface area (TPSA) is 40.7 Å². The van der Waals surface area contributed by atoms with Gasteiger partial charge in [-0.15, -0.1) is 0 Å². The summed E-state index contributed by atoms with van der Waals surface area (Å²) < 4.78 is 1.12. The van der Waals surface area contributed by atoms with Gasteiger partial charge < -0.3 is 5.32 Å². The zero-order chi connectivity index (χ0) is 13.8. The summed E-state index contributed by atoms with van der Waals surface area (Å²) in [6.07, 6.45) is 1.07. The number of benzene rings is 1. The molecule has 2 rings (SSSR count). The molecule has 2 N–H and O–H groups in total. The van der Waals surface area contributed by atoms with Crippen molar-refractivity contribution in [3.05, 3.63) is 51.3 Å². The second-order valence-electron chi connectivity index (χ2n) is 4.81. The summed E-state index contributed by atoms with van der Waals surface area (Å²) in [4.78, 5) is 0. The van der Waals surface area contributed by atoms with Gasteiger partial charge in [-0.05, 0) is 38.0 Å². The number of aromatic nitrogens is 2. The van der Waals surface area contributed by atoms with E-state index < -0.39 is 0 Å². The second-order valence-corrected chi connectivity index (χ2v) is 5.72. The van der Waals surface area contributed by atoms with E-state index >= 15 is 0 Å². The number of H-pyrrole nitrogens is 1. The molecule has 0 aliphatic heterocycles. The van der Waals surface area contributed by atoms with Crippen LogP contribution in [0, 0.1) is 13.8 Å². The minimum absolute atomic E-state index is 0.377. The standard InChI is InChI=1S/C15H20BrN3/c1-4-15(12-5-7-13(16)8-6-12)17-9-14-10(2)18-19-11(14)3/h5-8,15,17H,4,9H2,1-3H3,(H,18,19). The van der Waals surface area contributed by atoms with Crippen LogP contribution < -0.4 is 5.32 Å². The zero-order valence-electron chi connectivity index (χ0n) is 11.6. The van der Waals surface area contributed by atoms with E-state index in [-0.39, 0.29) is 0 Å². The number of rotatable bonds is 5. The van der Waals surface area contributed by atoms with Crippen molar-refractivity contribution in [2.24, 2.45) is 0 Å². The lowest BCUT2D eigenvalue weighted by Gasteiger charge is -2.17. The first-order valence-corrected chi connectivity index (χ1v) is 7.40. The fourth-order valence-corrected chi connectivity index (χ4v) is 2.52. The van der Waals surface area contributed by atoms with Gasteiger partial charge in [-0.1, -0.05) is 35.0 Å². The molecule has 0 saturated heterocycles. The molecule has 0 aliphatic rings. The summed E-state index contributed by atoms with van der Waals surface area (Å²) in [6, 6.07) is 8.89. The highest BCUT2D eigenvalue weighted by atomic mass is 79.9. The smallest absolute Gasteiger partial charge is 0.0638 e. The van der Waals surface area contributed by atoms with Gasteiger partial charge in [0.05, 0.1) is 5.69 Å². The molecule has 0 radical (unpaired) electrons. The molecule has 2 aromatic rings. The number of nitrogens with zero attached hydrogens (tertiary/aromatic N) is 1. The molecule has 3 nitrogen and oxygen atoms in total. The van der Waals surface area contributed by atoms with Crippen molar-refractivity contribution < 1.29 is 0 Å². The SMILES string of the molecule is CCC(NCc1c(C)n[nH]c1C)c1ccc(Br)cc1. The molecule has 0 saturated carbocycles. The molecule has 0 spiro atoms. The van der Waals surface area contributed by atoms with Gasteiger partial charge in [0, 0.05) is 28.3 Å². The Morgan fingerprint density at radius 2 is 1.95 bits per heavy atom. The minimum atomic E-state index is 0.377. The fourth-order valence-electron chi connectivity index (χ4n) is 2.25. The van der Waals surface area contributed by atoms with E-state index in [0.717, 1.165) is 28.8 Å². The summed E-state index contributed by atoms with van der Waals surface area (Å²) in [6.45, 7) is 7.16. The van der Waals surface area contributed by atoms with E-state index in [1.807, 2.05) is 6.92 Å². The first kappa shape index (κ1) is 14.3. The van der Waals surface area contributed by atoms with Crippen LogP contribution in [0.25, 0.3) is 0 Å². The van der Waals surface area contributed by atoms with Crippen molar-refractivity contribution >= 4 is 15.9 Å². The first-order chi connectivity index (χ1) is 9.11. The quantitative estimate of drug-likeness (QED) is 0.872. The maximum atomic E-state index is 4.23. The summed E-state index contributed by atoms with van der Waals surface area (Å²) in [5, 5.41) is 10.9. The lowest BCUT2D eigenvalue weighted by atomic mass is 10.0. The van der Waals surface area contributed by atoms with Crippen molar-refractivity contribution in [1.82, 2.24) is 15.5 Å². The van der Waals surface area contributed by atoms with E-state index in [0.29, 0.717) is 6.04 Å². The molecular formula is C15H20BrN3. The Morgan fingerprint density at radius 1 is 1.26 bits per heavy atom. The number of nitrogens with one attached hydrogen (secondary N) is 2. The van der Waals surface area contributed by atoms with Crippen LogP contribution in [0.1, 0.15) is 41.9 Å². The summed E-state index contributed by atoms with van der Waals surface area (Å²) >= 11 is 3.47. The lowest BCUT2D eigenvalue weighted by Crippen LogP contribution is -2.20. The predicted molar refractivity (Wildman–Crippen MR) is 82.1 cm³/mol. The number of hydrogen-bond donors (Lipinski definition) is 2. The normalized spacial score (nSPS) is 12.6. The Kier molecular flexibility index (Phi) is 4.77. The third-order valence-electron chi connectivity index (χ3n) is 3.49. The van der Waals surface area contributed by atoms with Crippen molar-refractivity contribution in [3.63, 3.8) is 0 Å². The molecular weight excluding hydrogens is 302 g/mol. The Balaban J connectivity index is 2.06. The molecule has 1 unspecified atom stereocenters. The molecule has 1 aromatic heterocycles. The molecule has 0 amide bonds. The largest absolute Gasteiger partial charge is 0.306 e. The monoisotopic (exact) mass is 321 g/mol. The highest BCUT2D eigenvalue weighted by molar-refractivity contribution is 9.10. The summed E-state index contributed by atoms with van der Waals surface area (Å²) in [5.74, 6) is 0. The van der Waals surface area contributed by atoms with Crippen molar-refractivity contribution in [1.29, 1.82) is 0 Å². The first-order valence-electron chi connectivity index (χ1n) is 6.61. The van der Waals surface area contributed by atoms with Gasteiger partial charge in [0.2, 0.25) is 0 Å². The average molecular weight is 322 g/mol. The third kappa shape index (κ3) is 3.45. The van der Waals surface area contributed by atoms with Gasteiger partial charge in [-0.2, -0.15) is 5.10 Å². The Hall–Kier alpha value is -1.13. The minimum Gasteiger partial charge on any atom is -0.306 e. The highest BCUT2D eigenvalue weighted by Gasteiger charge is 2.11. The molecule has 19 heavy (non-hydrogen) atoms. The molecule has 102 valence electrons. The number of hydrogen-bond acceptors (Lipinski definition) is 2. The molecule has 1 atom stereocenters. The predicted octanol–water partition coefficient (Wildman–Crippen LogP) is 4.03. The maximum absolute atomic E-state index is 4.23. The van der Waals surface area contributed by atoms with Crippen LogP contribution in [-0.4, -0.2) is 10.2 Å². The summed E-state index contributed by atoms with van der Waals surface area (Å²) in [7, 11) is 0. The molecule has 1 aromatic carbocycles. The van der Waals surface area contributed by atoms with Gasteiger partial charge in [-0.25, -0.2) is 0 Å². The molecule has 0 fully saturated rings. The van der Waals surface area contributed by atoms with Crippen molar-refractivity contribution in [2.75, 3.05) is 0 Å². The van der Waals surface area contributed by atoms with Crippen molar-refractivity contribution in [3.8, 4) is 0 Å². The zero-order valence-corrected chi connectivity index (χ0v) is 13.2. The van der Waals surface area contributed by atoms with Crippen LogP contribution in [0.15, 0.2) is 28.7 Å². The summed E-state index contributed by atoms with van der Waals surface area (Å²) in [5.41, 5.74) is 4.83. The number of halogens is 1. The van der Waals surface area contributed by atoms with Crippen LogP contribution in [0.5, 0.6) is 0 Å². The average Bonchev–Trinajstić information content (AvgIpc) is 2.72. The highest BCUT2D eigenvalue weighted by Crippen LogP contribution is 2.20. The van der Waals surface area contributed by atoms with Crippen LogP contribution in [-0.2, 0) is 6.54 Å². The Bertz CT molecular complexity index is 511. The van der Waals surface area contributed by atoms with E-state index in [1.54, 1.807) is 0 Å². The van der Waals surface area contributed by atoms with Gasteiger partial charge in [0.15, 0.2) is 0 Å². The number of aromatic amines is 1. The maximum Gasteiger partial charge on any atom is 0.0638 e. The molecule has 4 heteroatoms. The van der Waals surface area contributed by atoms with E-state index in [9.17, 15) is 0 Å². The molecule has 0 bridgehead atoms. The van der Waals surface area contributed by atoms with Crippen molar-refractivity contribution in [2.45, 2.75) is 39.8 Å². The van der Waals surface area contributed by atoms with E-state index in [2.05, 4.69) is 69.6 Å². The van der Waals surface area contributed by atoms with Gasteiger partial charge in [0.1, 0.15) is 0 Å². The van der Waals surface area contributed by atoms with E-state index in [4.69, 9.17) is 0 Å².